The lowest BCUT2D eigenvalue weighted by molar-refractivity contribution is 0.0939. The highest BCUT2D eigenvalue weighted by molar-refractivity contribution is 5.94. The van der Waals surface area contributed by atoms with Crippen molar-refractivity contribution >= 4 is 5.91 Å². The van der Waals surface area contributed by atoms with Crippen LogP contribution >= 0.6 is 0 Å². The Morgan fingerprint density at radius 2 is 2.36 bits per heavy atom. The van der Waals surface area contributed by atoms with Gasteiger partial charge in [-0.05, 0) is 32.4 Å². The van der Waals surface area contributed by atoms with E-state index in [1.165, 1.54) is 0 Å². The standard InChI is InChI=1S/C11H16N2O/c1-4-8(2)13-11(14)10-5-6-12-9(3)7-10/h5-8H,4H2,1-3H3,(H,13,14)/t8-/m1/s1. The van der Waals surface area contributed by atoms with Crippen LogP contribution in [-0.4, -0.2) is 16.9 Å². The second-order valence-electron chi connectivity index (χ2n) is 3.47. The number of nitrogens with one attached hydrogen (secondary N) is 1. The van der Waals surface area contributed by atoms with Gasteiger partial charge in [-0.1, -0.05) is 6.92 Å². The van der Waals surface area contributed by atoms with Crippen LogP contribution in [0.2, 0.25) is 0 Å². The zero-order valence-electron chi connectivity index (χ0n) is 8.87. The van der Waals surface area contributed by atoms with Gasteiger partial charge in [0.15, 0.2) is 0 Å². The van der Waals surface area contributed by atoms with Gasteiger partial charge in [-0.25, -0.2) is 0 Å². The number of rotatable bonds is 3. The Morgan fingerprint density at radius 1 is 1.64 bits per heavy atom. The van der Waals surface area contributed by atoms with Crippen molar-refractivity contribution in [1.82, 2.24) is 10.3 Å². The largest absolute Gasteiger partial charge is 0.350 e. The molecule has 3 nitrogen and oxygen atoms in total. The van der Waals surface area contributed by atoms with E-state index in [-0.39, 0.29) is 11.9 Å². The summed E-state index contributed by atoms with van der Waals surface area (Å²) in [6, 6.07) is 3.73. The van der Waals surface area contributed by atoms with E-state index < -0.39 is 0 Å². The molecule has 0 radical (unpaired) electrons. The van der Waals surface area contributed by atoms with Crippen molar-refractivity contribution in [3.63, 3.8) is 0 Å². The highest BCUT2D eigenvalue weighted by atomic mass is 16.1. The monoisotopic (exact) mass is 192 g/mol. The maximum Gasteiger partial charge on any atom is 0.251 e. The van der Waals surface area contributed by atoms with E-state index in [1.54, 1.807) is 18.3 Å². The first-order valence-corrected chi connectivity index (χ1v) is 4.87. The molecule has 0 spiro atoms. The van der Waals surface area contributed by atoms with Crippen LogP contribution in [0.1, 0.15) is 36.3 Å². The molecule has 1 heterocycles. The molecule has 0 fully saturated rings. The van der Waals surface area contributed by atoms with Gasteiger partial charge >= 0.3 is 0 Å². The van der Waals surface area contributed by atoms with Crippen LogP contribution in [-0.2, 0) is 0 Å². The minimum Gasteiger partial charge on any atom is -0.350 e. The highest BCUT2D eigenvalue weighted by Gasteiger charge is 2.07. The second-order valence-corrected chi connectivity index (χ2v) is 3.47. The quantitative estimate of drug-likeness (QED) is 0.795. The third-order valence-corrected chi connectivity index (χ3v) is 2.15. The lowest BCUT2D eigenvalue weighted by Gasteiger charge is -2.11. The summed E-state index contributed by atoms with van der Waals surface area (Å²) in [5.41, 5.74) is 1.54. The molecule has 0 aliphatic carbocycles. The molecule has 1 atom stereocenters. The van der Waals surface area contributed by atoms with E-state index in [0.717, 1.165) is 12.1 Å². The molecular weight excluding hydrogens is 176 g/mol. The number of amides is 1. The fourth-order valence-electron chi connectivity index (χ4n) is 1.10. The zero-order chi connectivity index (χ0) is 10.6. The van der Waals surface area contributed by atoms with Crippen LogP contribution in [0.4, 0.5) is 0 Å². The Morgan fingerprint density at radius 3 is 2.93 bits per heavy atom. The molecule has 0 aliphatic heterocycles. The average Bonchev–Trinajstić information content (AvgIpc) is 2.17. The number of aromatic nitrogens is 1. The molecule has 1 N–H and O–H groups in total. The normalized spacial score (nSPS) is 12.2. The molecule has 0 aromatic carbocycles. The fourth-order valence-corrected chi connectivity index (χ4v) is 1.10. The third kappa shape index (κ3) is 2.83. The number of aryl methyl sites for hydroxylation is 1. The van der Waals surface area contributed by atoms with Gasteiger partial charge in [-0.3, -0.25) is 9.78 Å². The van der Waals surface area contributed by atoms with Gasteiger partial charge in [0.1, 0.15) is 0 Å². The molecule has 0 unspecified atom stereocenters. The molecule has 0 saturated carbocycles. The minimum atomic E-state index is -0.0233. The van der Waals surface area contributed by atoms with Crippen LogP contribution in [0, 0.1) is 6.92 Å². The van der Waals surface area contributed by atoms with E-state index in [4.69, 9.17) is 0 Å². The summed E-state index contributed by atoms with van der Waals surface area (Å²) < 4.78 is 0. The topological polar surface area (TPSA) is 42.0 Å². The Labute approximate surface area is 84.6 Å². The van der Waals surface area contributed by atoms with E-state index in [9.17, 15) is 4.79 Å². The molecule has 0 aliphatic rings. The minimum absolute atomic E-state index is 0.0233. The summed E-state index contributed by atoms with van der Waals surface area (Å²) in [6.45, 7) is 5.91. The second kappa shape index (κ2) is 4.74. The van der Waals surface area contributed by atoms with Crippen LogP contribution in [0.3, 0.4) is 0 Å². The average molecular weight is 192 g/mol. The van der Waals surface area contributed by atoms with Crippen LogP contribution in [0.25, 0.3) is 0 Å². The molecule has 3 heteroatoms. The van der Waals surface area contributed by atoms with E-state index >= 15 is 0 Å². The first-order valence-electron chi connectivity index (χ1n) is 4.87. The molecule has 1 aromatic heterocycles. The fraction of sp³-hybridized carbons (Fsp3) is 0.455. The van der Waals surface area contributed by atoms with Crippen molar-refractivity contribution in [1.29, 1.82) is 0 Å². The predicted octanol–water partition coefficient (Wildman–Crippen LogP) is 1.92. The van der Waals surface area contributed by atoms with Gasteiger partial charge in [-0.15, -0.1) is 0 Å². The van der Waals surface area contributed by atoms with Crippen molar-refractivity contribution < 1.29 is 4.79 Å². The van der Waals surface area contributed by atoms with Gasteiger partial charge in [0.05, 0.1) is 0 Å². The van der Waals surface area contributed by atoms with Crippen molar-refractivity contribution in [3.05, 3.63) is 29.6 Å². The van der Waals surface area contributed by atoms with E-state index in [0.29, 0.717) is 5.56 Å². The summed E-state index contributed by atoms with van der Waals surface area (Å²) in [4.78, 5) is 15.7. The number of carbonyl (C=O) groups excluding carboxylic acids is 1. The maximum absolute atomic E-state index is 11.6. The Hall–Kier alpha value is -1.38. The predicted molar refractivity (Wildman–Crippen MR) is 56.2 cm³/mol. The van der Waals surface area contributed by atoms with Crippen molar-refractivity contribution in [2.24, 2.45) is 0 Å². The lowest BCUT2D eigenvalue weighted by Crippen LogP contribution is -2.31. The SMILES string of the molecule is CC[C@@H](C)NC(=O)c1ccnc(C)c1. The highest BCUT2D eigenvalue weighted by Crippen LogP contribution is 2.01. The molecule has 1 rings (SSSR count). The molecule has 0 bridgehead atoms. The maximum atomic E-state index is 11.6. The van der Waals surface area contributed by atoms with Crippen LogP contribution in [0.5, 0.6) is 0 Å². The summed E-state index contributed by atoms with van der Waals surface area (Å²) in [5, 5.41) is 2.91. The van der Waals surface area contributed by atoms with Crippen LogP contribution < -0.4 is 5.32 Å². The molecule has 14 heavy (non-hydrogen) atoms. The van der Waals surface area contributed by atoms with Gasteiger partial charge in [0.2, 0.25) is 0 Å². The summed E-state index contributed by atoms with van der Waals surface area (Å²) in [7, 11) is 0. The first kappa shape index (κ1) is 10.7. The first-order chi connectivity index (χ1) is 6.63. The number of nitrogens with zero attached hydrogens (tertiary/aromatic N) is 1. The molecule has 1 amide bonds. The number of carbonyl (C=O) groups is 1. The molecular formula is C11H16N2O. The van der Waals surface area contributed by atoms with Gasteiger partial charge < -0.3 is 5.32 Å². The lowest BCUT2D eigenvalue weighted by atomic mass is 10.2. The number of hydrogen-bond donors (Lipinski definition) is 1. The van der Waals surface area contributed by atoms with E-state index in [2.05, 4.69) is 10.3 Å². The van der Waals surface area contributed by atoms with Crippen molar-refractivity contribution in [3.8, 4) is 0 Å². The third-order valence-electron chi connectivity index (χ3n) is 2.15. The number of pyridine rings is 1. The van der Waals surface area contributed by atoms with Gasteiger partial charge in [-0.2, -0.15) is 0 Å². The summed E-state index contributed by atoms with van der Waals surface area (Å²) >= 11 is 0. The Bertz CT molecular complexity index is 323. The molecule has 76 valence electrons. The molecule has 0 saturated heterocycles. The Balaban J connectivity index is 2.70. The van der Waals surface area contributed by atoms with Gasteiger partial charge in [0, 0.05) is 23.5 Å². The smallest absolute Gasteiger partial charge is 0.251 e. The number of hydrogen-bond acceptors (Lipinski definition) is 2. The van der Waals surface area contributed by atoms with Crippen molar-refractivity contribution in [2.45, 2.75) is 33.2 Å². The van der Waals surface area contributed by atoms with Crippen molar-refractivity contribution in [2.75, 3.05) is 0 Å². The van der Waals surface area contributed by atoms with Gasteiger partial charge in [0.25, 0.3) is 5.91 Å². The summed E-state index contributed by atoms with van der Waals surface area (Å²) in [5.74, 6) is -0.0233. The zero-order valence-corrected chi connectivity index (χ0v) is 8.87. The van der Waals surface area contributed by atoms with Crippen LogP contribution in [0.15, 0.2) is 18.3 Å². The summed E-state index contributed by atoms with van der Waals surface area (Å²) in [6.07, 6.45) is 2.59. The van der Waals surface area contributed by atoms with E-state index in [1.807, 2.05) is 20.8 Å². The Kier molecular flexibility index (Phi) is 3.63. The molecule has 1 aromatic rings.